The van der Waals surface area contributed by atoms with E-state index >= 15 is 0 Å². The van der Waals surface area contributed by atoms with Crippen LogP contribution in [0.2, 0.25) is 0 Å². The molecule has 1 aromatic carbocycles. The van der Waals surface area contributed by atoms with E-state index in [1.165, 1.54) is 6.20 Å². The first kappa shape index (κ1) is 14.0. The van der Waals surface area contributed by atoms with Gasteiger partial charge in [0.1, 0.15) is 11.6 Å². The van der Waals surface area contributed by atoms with Gasteiger partial charge < -0.3 is 9.84 Å². The minimum absolute atomic E-state index is 0.0566. The molecule has 2 aromatic rings. The van der Waals surface area contributed by atoms with Gasteiger partial charge in [-0.05, 0) is 24.6 Å². The van der Waals surface area contributed by atoms with E-state index in [4.69, 9.17) is 4.74 Å². The van der Waals surface area contributed by atoms with Crippen LogP contribution in [0.15, 0.2) is 30.5 Å². The molecular weight excluding hydrogens is 256 g/mol. The number of aryl methyl sites for hydroxylation is 1. The zero-order valence-electron chi connectivity index (χ0n) is 11.6. The predicted octanol–water partition coefficient (Wildman–Crippen LogP) is 3.40. The molecular formula is C15H16N2O3. The van der Waals surface area contributed by atoms with E-state index in [1.54, 1.807) is 6.07 Å². The molecule has 0 aliphatic rings. The lowest BCUT2D eigenvalue weighted by Crippen LogP contribution is -2.08. The van der Waals surface area contributed by atoms with Crippen LogP contribution in [-0.4, -0.2) is 21.0 Å². The van der Waals surface area contributed by atoms with Gasteiger partial charge in [-0.1, -0.05) is 26.0 Å². The third-order valence-corrected chi connectivity index (χ3v) is 2.71. The SMILES string of the molecule is Cc1cccc(Oc2cnc(C(C)C)nc2C(=O)O)c1. The van der Waals surface area contributed by atoms with E-state index in [1.807, 2.05) is 39.0 Å². The van der Waals surface area contributed by atoms with Crippen LogP contribution in [0, 0.1) is 6.92 Å². The molecule has 0 saturated carbocycles. The highest BCUT2D eigenvalue weighted by molar-refractivity contribution is 5.88. The lowest BCUT2D eigenvalue weighted by molar-refractivity contribution is 0.0686. The minimum Gasteiger partial charge on any atom is -0.476 e. The second-order valence-electron chi connectivity index (χ2n) is 4.82. The van der Waals surface area contributed by atoms with Gasteiger partial charge in [-0.3, -0.25) is 0 Å². The zero-order chi connectivity index (χ0) is 14.7. The second-order valence-corrected chi connectivity index (χ2v) is 4.82. The topological polar surface area (TPSA) is 72.3 Å². The van der Waals surface area contributed by atoms with Crippen LogP contribution in [0.4, 0.5) is 0 Å². The summed E-state index contributed by atoms with van der Waals surface area (Å²) in [6, 6.07) is 7.36. The van der Waals surface area contributed by atoms with Gasteiger partial charge in [0.15, 0.2) is 11.4 Å². The third-order valence-electron chi connectivity index (χ3n) is 2.71. The number of benzene rings is 1. The maximum Gasteiger partial charge on any atom is 0.358 e. The molecule has 20 heavy (non-hydrogen) atoms. The molecule has 0 aliphatic carbocycles. The summed E-state index contributed by atoms with van der Waals surface area (Å²) in [5, 5.41) is 9.23. The Morgan fingerprint density at radius 2 is 2.10 bits per heavy atom. The van der Waals surface area contributed by atoms with E-state index in [2.05, 4.69) is 9.97 Å². The Labute approximate surface area is 117 Å². The zero-order valence-corrected chi connectivity index (χ0v) is 11.6. The minimum atomic E-state index is -1.13. The highest BCUT2D eigenvalue weighted by Crippen LogP contribution is 2.25. The molecule has 1 heterocycles. The van der Waals surface area contributed by atoms with E-state index in [-0.39, 0.29) is 17.4 Å². The maximum atomic E-state index is 11.3. The molecule has 0 bridgehead atoms. The molecule has 1 aromatic heterocycles. The summed E-state index contributed by atoms with van der Waals surface area (Å²) in [5.41, 5.74) is 0.907. The fraction of sp³-hybridized carbons (Fsp3) is 0.267. The van der Waals surface area contributed by atoms with Crippen molar-refractivity contribution in [2.45, 2.75) is 26.7 Å². The van der Waals surface area contributed by atoms with Gasteiger partial charge >= 0.3 is 5.97 Å². The molecule has 0 aliphatic heterocycles. The summed E-state index contributed by atoms with van der Waals surface area (Å²) in [6.45, 7) is 5.74. The van der Waals surface area contributed by atoms with Crippen molar-refractivity contribution in [3.63, 3.8) is 0 Å². The number of aromatic carboxylic acids is 1. The standard InChI is InChI=1S/C15H16N2O3/c1-9(2)14-16-8-12(13(17-14)15(18)19)20-11-6-4-5-10(3)7-11/h4-9H,1-3H3,(H,18,19). The van der Waals surface area contributed by atoms with E-state index in [9.17, 15) is 9.90 Å². The molecule has 0 unspecified atom stereocenters. The summed E-state index contributed by atoms with van der Waals surface area (Å²) in [5.74, 6) is 0.123. The van der Waals surface area contributed by atoms with Gasteiger partial charge in [0.05, 0.1) is 6.20 Å². The van der Waals surface area contributed by atoms with Crippen LogP contribution in [-0.2, 0) is 0 Å². The monoisotopic (exact) mass is 272 g/mol. The molecule has 2 rings (SSSR count). The Kier molecular flexibility index (Phi) is 3.98. The summed E-state index contributed by atoms with van der Waals surface area (Å²) in [4.78, 5) is 19.5. The normalized spacial score (nSPS) is 10.6. The van der Waals surface area contributed by atoms with Crippen LogP contribution < -0.4 is 4.74 Å². The molecule has 1 N–H and O–H groups in total. The number of carbonyl (C=O) groups is 1. The first-order valence-electron chi connectivity index (χ1n) is 6.32. The quantitative estimate of drug-likeness (QED) is 0.923. The maximum absolute atomic E-state index is 11.3. The van der Waals surface area contributed by atoms with Crippen molar-refractivity contribution in [2.75, 3.05) is 0 Å². The first-order valence-corrected chi connectivity index (χ1v) is 6.32. The predicted molar refractivity (Wildman–Crippen MR) is 74.3 cm³/mol. The van der Waals surface area contributed by atoms with E-state index < -0.39 is 5.97 Å². The summed E-state index contributed by atoms with van der Waals surface area (Å²) in [7, 11) is 0. The highest BCUT2D eigenvalue weighted by atomic mass is 16.5. The molecule has 0 amide bonds. The van der Waals surface area contributed by atoms with Gasteiger partial charge in [-0.15, -0.1) is 0 Å². The Balaban J connectivity index is 2.38. The third kappa shape index (κ3) is 3.12. The Bertz CT molecular complexity index is 639. The summed E-state index contributed by atoms with van der Waals surface area (Å²) >= 11 is 0. The van der Waals surface area contributed by atoms with E-state index in [0.717, 1.165) is 5.56 Å². The number of ether oxygens (including phenoxy) is 1. The number of rotatable bonds is 4. The fourth-order valence-corrected chi connectivity index (χ4v) is 1.70. The van der Waals surface area contributed by atoms with Crippen molar-refractivity contribution in [1.29, 1.82) is 0 Å². The molecule has 0 spiro atoms. The lowest BCUT2D eigenvalue weighted by Gasteiger charge is -2.10. The average Bonchev–Trinajstić information content (AvgIpc) is 2.38. The number of aromatic nitrogens is 2. The highest BCUT2D eigenvalue weighted by Gasteiger charge is 2.17. The van der Waals surface area contributed by atoms with Crippen molar-refractivity contribution in [1.82, 2.24) is 9.97 Å². The van der Waals surface area contributed by atoms with Crippen LogP contribution >= 0.6 is 0 Å². The van der Waals surface area contributed by atoms with Crippen molar-refractivity contribution in [3.8, 4) is 11.5 Å². The van der Waals surface area contributed by atoms with Crippen LogP contribution in [0.25, 0.3) is 0 Å². The number of hydrogen-bond acceptors (Lipinski definition) is 4. The van der Waals surface area contributed by atoms with Crippen LogP contribution in [0.1, 0.15) is 41.6 Å². The van der Waals surface area contributed by atoms with Gasteiger partial charge in [0, 0.05) is 5.92 Å². The van der Waals surface area contributed by atoms with Crippen LogP contribution in [0.3, 0.4) is 0 Å². The Hall–Kier alpha value is -2.43. The van der Waals surface area contributed by atoms with Crippen molar-refractivity contribution in [3.05, 3.63) is 47.5 Å². The number of carboxylic acids is 1. The largest absolute Gasteiger partial charge is 0.476 e. The molecule has 5 nitrogen and oxygen atoms in total. The Morgan fingerprint density at radius 3 is 2.70 bits per heavy atom. The number of carboxylic acid groups (broad SMARTS) is 1. The van der Waals surface area contributed by atoms with Crippen molar-refractivity contribution >= 4 is 5.97 Å². The summed E-state index contributed by atoms with van der Waals surface area (Å²) < 4.78 is 5.58. The summed E-state index contributed by atoms with van der Waals surface area (Å²) in [6.07, 6.45) is 1.41. The molecule has 0 fully saturated rings. The molecule has 104 valence electrons. The van der Waals surface area contributed by atoms with Gasteiger partial charge in [0.2, 0.25) is 0 Å². The molecule has 0 atom stereocenters. The smallest absolute Gasteiger partial charge is 0.358 e. The first-order chi connectivity index (χ1) is 9.47. The average molecular weight is 272 g/mol. The number of nitrogens with zero attached hydrogens (tertiary/aromatic N) is 2. The van der Waals surface area contributed by atoms with Gasteiger partial charge in [0.25, 0.3) is 0 Å². The molecule has 0 saturated heterocycles. The number of hydrogen-bond donors (Lipinski definition) is 1. The van der Waals surface area contributed by atoms with Crippen molar-refractivity contribution < 1.29 is 14.6 Å². The van der Waals surface area contributed by atoms with Crippen LogP contribution in [0.5, 0.6) is 11.5 Å². The van der Waals surface area contributed by atoms with Gasteiger partial charge in [-0.25, -0.2) is 14.8 Å². The van der Waals surface area contributed by atoms with E-state index in [0.29, 0.717) is 11.6 Å². The molecule has 0 radical (unpaired) electrons. The molecule has 5 heteroatoms. The fourth-order valence-electron chi connectivity index (χ4n) is 1.70. The van der Waals surface area contributed by atoms with Crippen molar-refractivity contribution in [2.24, 2.45) is 0 Å². The van der Waals surface area contributed by atoms with Gasteiger partial charge in [-0.2, -0.15) is 0 Å². The second kappa shape index (κ2) is 5.69. The lowest BCUT2D eigenvalue weighted by atomic mass is 10.2. The Morgan fingerprint density at radius 1 is 1.35 bits per heavy atom.